The van der Waals surface area contributed by atoms with Crippen molar-refractivity contribution in [1.82, 2.24) is 15.1 Å². The van der Waals surface area contributed by atoms with Crippen LogP contribution in [-0.4, -0.2) is 58.9 Å². The van der Waals surface area contributed by atoms with Gasteiger partial charge in [0.2, 0.25) is 5.91 Å². The van der Waals surface area contributed by atoms with Crippen molar-refractivity contribution in [2.75, 3.05) is 19.6 Å². The number of benzene rings is 1. The van der Waals surface area contributed by atoms with Crippen molar-refractivity contribution in [3.05, 3.63) is 30.3 Å². The van der Waals surface area contributed by atoms with Gasteiger partial charge in [0.1, 0.15) is 23.9 Å². The lowest BCUT2D eigenvalue weighted by atomic mass is 10.1. The Balaban J connectivity index is 1.55. The normalized spacial score (nSPS) is 22.7. The van der Waals surface area contributed by atoms with Crippen molar-refractivity contribution in [1.29, 1.82) is 0 Å². The van der Waals surface area contributed by atoms with Gasteiger partial charge >= 0.3 is 6.03 Å². The molecule has 2 aliphatic rings. The number of nitrogens with zero attached hydrogens (tertiary/aromatic N) is 2. The molecule has 0 bridgehead atoms. The second-order valence-electron chi connectivity index (χ2n) is 6.63. The maximum Gasteiger partial charge on any atom is 0.325 e. The zero-order valence-electron chi connectivity index (χ0n) is 13.8. The standard InChI is InChI=1S/C17H21N3O4/c1-17(2)15(22)20(16(23)18-17)11-14(21)19-9-8-13(10-19)24-12-6-4-3-5-7-12/h3-7,13H,8-11H2,1-2H3,(H,18,23)/t13-/m1/s1. The van der Waals surface area contributed by atoms with E-state index in [9.17, 15) is 14.4 Å². The molecule has 1 aromatic carbocycles. The number of carbonyl (C=O) groups is 3. The van der Waals surface area contributed by atoms with Gasteiger partial charge in [-0.2, -0.15) is 0 Å². The second-order valence-corrected chi connectivity index (χ2v) is 6.63. The lowest BCUT2D eigenvalue weighted by Gasteiger charge is -2.20. The Bertz CT molecular complexity index is 659. The van der Waals surface area contributed by atoms with Crippen molar-refractivity contribution in [2.45, 2.75) is 31.9 Å². The SMILES string of the molecule is CC1(C)NC(=O)N(CC(=O)N2CC[C@@H](Oc3ccccc3)C2)C1=O. The Hall–Kier alpha value is -2.57. The highest BCUT2D eigenvalue weighted by atomic mass is 16.5. The lowest BCUT2D eigenvalue weighted by molar-refractivity contribution is -0.138. The summed E-state index contributed by atoms with van der Waals surface area (Å²) in [6.07, 6.45) is 0.655. The third-order valence-corrected chi connectivity index (χ3v) is 4.28. The number of amides is 4. The molecular weight excluding hydrogens is 310 g/mol. The molecule has 7 heteroatoms. The molecule has 1 aromatic rings. The first-order chi connectivity index (χ1) is 11.4. The molecular formula is C17H21N3O4. The molecule has 1 N–H and O–H groups in total. The predicted molar refractivity (Wildman–Crippen MR) is 86.4 cm³/mol. The minimum absolute atomic E-state index is 0.0732. The Kier molecular flexibility index (Phi) is 4.17. The summed E-state index contributed by atoms with van der Waals surface area (Å²) in [7, 11) is 0. The van der Waals surface area contributed by atoms with E-state index in [4.69, 9.17) is 4.74 Å². The van der Waals surface area contributed by atoms with Gasteiger partial charge in [0.15, 0.2) is 0 Å². The number of urea groups is 1. The summed E-state index contributed by atoms with van der Waals surface area (Å²) < 4.78 is 5.85. The Labute approximate surface area is 140 Å². The molecule has 0 radical (unpaired) electrons. The maximum atomic E-state index is 12.4. The second kappa shape index (κ2) is 6.14. The van der Waals surface area contributed by atoms with E-state index in [-0.39, 0.29) is 24.5 Å². The number of para-hydroxylation sites is 1. The number of hydrogen-bond donors (Lipinski definition) is 1. The third kappa shape index (κ3) is 3.20. The van der Waals surface area contributed by atoms with Gasteiger partial charge in [-0.15, -0.1) is 0 Å². The van der Waals surface area contributed by atoms with Crippen LogP contribution in [0.2, 0.25) is 0 Å². The minimum Gasteiger partial charge on any atom is -0.489 e. The van der Waals surface area contributed by atoms with Crippen LogP contribution < -0.4 is 10.1 Å². The first-order valence-corrected chi connectivity index (χ1v) is 8.00. The molecule has 2 fully saturated rings. The number of likely N-dealkylation sites (tertiary alicyclic amines) is 1. The zero-order chi connectivity index (χ0) is 17.3. The molecule has 0 spiro atoms. The number of rotatable bonds is 4. The van der Waals surface area contributed by atoms with Crippen LogP contribution in [0.5, 0.6) is 5.75 Å². The molecule has 0 saturated carbocycles. The summed E-state index contributed by atoms with van der Waals surface area (Å²) in [5.41, 5.74) is -0.957. The highest BCUT2D eigenvalue weighted by Gasteiger charge is 2.45. The van der Waals surface area contributed by atoms with E-state index in [0.29, 0.717) is 13.1 Å². The molecule has 2 heterocycles. The van der Waals surface area contributed by atoms with Crippen molar-refractivity contribution in [2.24, 2.45) is 0 Å². The Morgan fingerprint density at radius 2 is 2.00 bits per heavy atom. The smallest absolute Gasteiger partial charge is 0.325 e. The molecule has 3 rings (SSSR count). The van der Waals surface area contributed by atoms with Crippen LogP contribution >= 0.6 is 0 Å². The van der Waals surface area contributed by atoms with Crippen LogP contribution in [0, 0.1) is 0 Å². The maximum absolute atomic E-state index is 12.4. The van der Waals surface area contributed by atoms with E-state index in [1.54, 1.807) is 18.7 Å². The number of hydrogen-bond acceptors (Lipinski definition) is 4. The van der Waals surface area contributed by atoms with E-state index in [0.717, 1.165) is 17.1 Å². The van der Waals surface area contributed by atoms with Gasteiger partial charge in [0, 0.05) is 13.0 Å². The third-order valence-electron chi connectivity index (χ3n) is 4.28. The van der Waals surface area contributed by atoms with Crippen LogP contribution in [0.1, 0.15) is 20.3 Å². The molecule has 0 unspecified atom stereocenters. The summed E-state index contributed by atoms with van der Waals surface area (Å²) in [5, 5.41) is 2.57. The van der Waals surface area contributed by atoms with Gasteiger partial charge in [-0.05, 0) is 26.0 Å². The lowest BCUT2D eigenvalue weighted by Crippen LogP contribution is -2.44. The van der Waals surface area contributed by atoms with Crippen LogP contribution in [0.15, 0.2) is 30.3 Å². The fourth-order valence-electron chi connectivity index (χ4n) is 2.94. The first-order valence-electron chi connectivity index (χ1n) is 8.00. The molecule has 2 aliphatic heterocycles. The fraction of sp³-hybridized carbons (Fsp3) is 0.471. The first kappa shape index (κ1) is 16.3. The molecule has 7 nitrogen and oxygen atoms in total. The molecule has 2 saturated heterocycles. The summed E-state index contributed by atoms with van der Waals surface area (Å²) in [5.74, 6) is 0.153. The van der Waals surface area contributed by atoms with Crippen LogP contribution in [0.4, 0.5) is 4.79 Å². The van der Waals surface area contributed by atoms with Crippen molar-refractivity contribution in [3.8, 4) is 5.75 Å². The fourth-order valence-corrected chi connectivity index (χ4v) is 2.94. The highest BCUT2D eigenvalue weighted by molar-refractivity contribution is 6.08. The van der Waals surface area contributed by atoms with Gasteiger partial charge in [-0.25, -0.2) is 4.79 Å². The molecule has 1 atom stereocenters. The van der Waals surface area contributed by atoms with E-state index in [1.807, 2.05) is 30.3 Å². The van der Waals surface area contributed by atoms with Gasteiger partial charge in [0.25, 0.3) is 5.91 Å². The average Bonchev–Trinajstić information content (AvgIpc) is 3.07. The van der Waals surface area contributed by atoms with Gasteiger partial charge in [0.05, 0.1) is 6.54 Å². The quantitative estimate of drug-likeness (QED) is 0.835. The molecule has 24 heavy (non-hydrogen) atoms. The van der Waals surface area contributed by atoms with Crippen LogP contribution in [0.3, 0.4) is 0 Å². The summed E-state index contributed by atoms with van der Waals surface area (Å²) in [6, 6.07) is 8.94. The largest absolute Gasteiger partial charge is 0.489 e. The number of imide groups is 1. The van der Waals surface area contributed by atoms with E-state index >= 15 is 0 Å². The van der Waals surface area contributed by atoms with Crippen LogP contribution in [-0.2, 0) is 9.59 Å². The Morgan fingerprint density at radius 3 is 2.62 bits per heavy atom. The van der Waals surface area contributed by atoms with Crippen molar-refractivity contribution < 1.29 is 19.1 Å². The number of carbonyl (C=O) groups excluding carboxylic acids is 3. The molecule has 4 amide bonds. The molecule has 0 aliphatic carbocycles. The Morgan fingerprint density at radius 1 is 1.29 bits per heavy atom. The topological polar surface area (TPSA) is 79.0 Å². The predicted octanol–water partition coefficient (Wildman–Crippen LogP) is 0.997. The number of nitrogens with one attached hydrogen (secondary N) is 1. The molecule has 0 aromatic heterocycles. The van der Waals surface area contributed by atoms with Gasteiger partial charge in [-0.1, -0.05) is 18.2 Å². The van der Waals surface area contributed by atoms with E-state index < -0.39 is 11.6 Å². The molecule has 128 valence electrons. The zero-order valence-corrected chi connectivity index (χ0v) is 13.8. The summed E-state index contributed by atoms with van der Waals surface area (Å²) in [6.45, 7) is 4.03. The van der Waals surface area contributed by atoms with E-state index in [2.05, 4.69) is 5.32 Å². The van der Waals surface area contributed by atoms with E-state index in [1.165, 1.54) is 0 Å². The summed E-state index contributed by atoms with van der Waals surface area (Å²) >= 11 is 0. The summed E-state index contributed by atoms with van der Waals surface area (Å²) in [4.78, 5) is 39.0. The average molecular weight is 331 g/mol. The van der Waals surface area contributed by atoms with Crippen molar-refractivity contribution >= 4 is 17.8 Å². The van der Waals surface area contributed by atoms with Crippen molar-refractivity contribution in [3.63, 3.8) is 0 Å². The highest BCUT2D eigenvalue weighted by Crippen LogP contribution is 2.20. The van der Waals surface area contributed by atoms with Gasteiger partial charge < -0.3 is 15.0 Å². The minimum atomic E-state index is -0.957. The monoisotopic (exact) mass is 331 g/mol. The van der Waals surface area contributed by atoms with Gasteiger partial charge in [-0.3, -0.25) is 14.5 Å². The van der Waals surface area contributed by atoms with Crippen LogP contribution in [0.25, 0.3) is 0 Å². The number of ether oxygens (including phenoxy) is 1.